The van der Waals surface area contributed by atoms with Crippen molar-refractivity contribution in [3.05, 3.63) is 0 Å². The number of carbonyl (C=O) groups excluding carboxylic acids is 1. The summed E-state index contributed by atoms with van der Waals surface area (Å²) in [6.45, 7) is 5.32. The third kappa shape index (κ3) is 2.29. The van der Waals surface area contributed by atoms with Crippen LogP contribution in [-0.2, 0) is 4.79 Å². The van der Waals surface area contributed by atoms with Gasteiger partial charge in [0.05, 0.1) is 12.2 Å². The molecule has 1 amide bonds. The third-order valence-electron chi connectivity index (χ3n) is 4.90. The molecule has 2 aliphatic carbocycles. The lowest BCUT2D eigenvalue weighted by Crippen LogP contribution is -2.43. The van der Waals surface area contributed by atoms with Crippen LogP contribution in [0.2, 0.25) is 0 Å². The van der Waals surface area contributed by atoms with E-state index in [1.165, 1.54) is 38.5 Å². The van der Waals surface area contributed by atoms with E-state index in [9.17, 15) is 4.79 Å². The topological polar surface area (TPSA) is 32.3 Å². The molecule has 0 aromatic carbocycles. The van der Waals surface area contributed by atoms with Crippen molar-refractivity contribution in [3.8, 4) is 0 Å². The minimum Gasteiger partial charge on any atom is -0.325 e. The van der Waals surface area contributed by atoms with Crippen molar-refractivity contribution in [2.24, 2.45) is 17.8 Å². The molecule has 18 heavy (non-hydrogen) atoms. The van der Waals surface area contributed by atoms with Crippen molar-refractivity contribution in [1.82, 2.24) is 10.2 Å². The molecule has 0 aromatic heterocycles. The van der Waals surface area contributed by atoms with Crippen LogP contribution in [0, 0.1) is 17.8 Å². The zero-order chi connectivity index (χ0) is 12.7. The first-order valence-electron chi connectivity index (χ1n) is 7.73. The minimum absolute atomic E-state index is 0.0642. The molecule has 3 rings (SSSR count). The molecule has 2 unspecified atom stereocenters. The maximum atomic E-state index is 12.5. The maximum absolute atomic E-state index is 12.5. The van der Waals surface area contributed by atoms with Gasteiger partial charge in [-0.3, -0.25) is 10.1 Å². The van der Waals surface area contributed by atoms with Gasteiger partial charge in [-0.05, 0) is 43.4 Å². The summed E-state index contributed by atoms with van der Waals surface area (Å²) in [6.07, 6.45) is 8.30. The molecule has 3 fully saturated rings. The van der Waals surface area contributed by atoms with E-state index in [2.05, 4.69) is 24.1 Å². The number of carbonyl (C=O) groups is 1. The highest BCUT2D eigenvalue weighted by molar-refractivity contribution is 5.84. The van der Waals surface area contributed by atoms with Crippen LogP contribution in [0.3, 0.4) is 0 Å². The van der Waals surface area contributed by atoms with Crippen molar-refractivity contribution in [3.63, 3.8) is 0 Å². The lowest BCUT2D eigenvalue weighted by molar-refractivity contribution is -0.131. The Balaban J connectivity index is 1.73. The van der Waals surface area contributed by atoms with Gasteiger partial charge >= 0.3 is 0 Å². The predicted molar refractivity (Wildman–Crippen MR) is 71.9 cm³/mol. The van der Waals surface area contributed by atoms with Crippen molar-refractivity contribution in [1.29, 1.82) is 0 Å². The third-order valence-corrected chi connectivity index (χ3v) is 4.90. The standard InChI is InChI=1S/C15H26N2O/c1-10(2)13-15(18)17(9-11-7-8-11)14(16-13)12-5-3-4-6-12/h10-14,16H,3-9H2,1-2H3. The molecule has 3 nitrogen and oxygen atoms in total. The van der Waals surface area contributed by atoms with Gasteiger partial charge in [0.2, 0.25) is 5.91 Å². The molecule has 3 aliphatic rings. The van der Waals surface area contributed by atoms with Gasteiger partial charge in [0.25, 0.3) is 0 Å². The van der Waals surface area contributed by atoms with Crippen LogP contribution in [0.15, 0.2) is 0 Å². The first-order valence-corrected chi connectivity index (χ1v) is 7.73. The molecule has 0 bridgehead atoms. The van der Waals surface area contributed by atoms with Crippen LogP contribution in [0.1, 0.15) is 52.4 Å². The molecular weight excluding hydrogens is 224 g/mol. The minimum atomic E-state index is 0.0642. The smallest absolute Gasteiger partial charge is 0.241 e. The Morgan fingerprint density at radius 1 is 1.22 bits per heavy atom. The second kappa shape index (κ2) is 4.84. The molecule has 102 valence electrons. The van der Waals surface area contributed by atoms with E-state index in [1.807, 2.05) is 0 Å². The number of hydrogen-bond acceptors (Lipinski definition) is 2. The fourth-order valence-electron chi connectivity index (χ4n) is 3.58. The van der Waals surface area contributed by atoms with Gasteiger partial charge in [-0.2, -0.15) is 0 Å². The van der Waals surface area contributed by atoms with Crippen LogP contribution in [0.25, 0.3) is 0 Å². The molecule has 1 N–H and O–H groups in total. The Hall–Kier alpha value is -0.570. The van der Waals surface area contributed by atoms with E-state index in [4.69, 9.17) is 0 Å². The Labute approximate surface area is 110 Å². The fraction of sp³-hybridized carbons (Fsp3) is 0.933. The Kier molecular flexibility index (Phi) is 3.35. The van der Waals surface area contributed by atoms with Crippen LogP contribution in [0.5, 0.6) is 0 Å². The highest BCUT2D eigenvalue weighted by Crippen LogP contribution is 2.36. The second-order valence-electron chi connectivity index (χ2n) is 6.81. The lowest BCUT2D eigenvalue weighted by atomic mass is 10.0. The zero-order valence-electron chi connectivity index (χ0n) is 11.7. The highest BCUT2D eigenvalue weighted by Gasteiger charge is 2.45. The normalized spacial score (nSPS) is 33.9. The summed E-state index contributed by atoms with van der Waals surface area (Å²) < 4.78 is 0. The quantitative estimate of drug-likeness (QED) is 0.831. The van der Waals surface area contributed by atoms with Gasteiger partial charge in [-0.15, -0.1) is 0 Å². The van der Waals surface area contributed by atoms with Gasteiger partial charge in [0.1, 0.15) is 0 Å². The van der Waals surface area contributed by atoms with E-state index in [-0.39, 0.29) is 6.04 Å². The molecule has 1 saturated heterocycles. The van der Waals surface area contributed by atoms with Gasteiger partial charge in [0, 0.05) is 6.54 Å². The average molecular weight is 250 g/mol. The SMILES string of the molecule is CC(C)C1NC(C2CCCC2)N(CC2CC2)C1=O. The molecule has 0 radical (unpaired) electrons. The lowest BCUT2D eigenvalue weighted by Gasteiger charge is -2.29. The number of nitrogens with one attached hydrogen (secondary N) is 1. The van der Waals surface area contributed by atoms with Crippen LogP contribution >= 0.6 is 0 Å². The Morgan fingerprint density at radius 2 is 1.89 bits per heavy atom. The van der Waals surface area contributed by atoms with E-state index in [0.29, 0.717) is 23.9 Å². The first kappa shape index (κ1) is 12.5. The van der Waals surface area contributed by atoms with Gasteiger partial charge in [0.15, 0.2) is 0 Å². The molecule has 3 heteroatoms. The van der Waals surface area contributed by atoms with Crippen molar-refractivity contribution >= 4 is 5.91 Å². The second-order valence-corrected chi connectivity index (χ2v) is 6.81. The summed E-state index contributed by atoms with van der Waals surface area (Å²) in [6, 6.07) is 0.0642. The van der Waals surface area contributed by atoms with E-state index >= 15 is 0 Å². The predicted octanol–water partition coefficient (Wildman–Crippen LogP) is 2.37. The van der Waals surface area contributed by atoms with Crippen LogP contribution in [0.4, 0.5) is 0 Å². The van der Waals surface area contributed by atoms with Crippen molar-refractivity contribution in [2.45, 2.75) is 64.6 Å². The molecule has 0 spiro atoms. The zero-order valence-corrected chi connectivity index (χ0v) is 11.7. The molecule has 2 saturated carbocycles. The van der Waals surface area contributed by atoms with E-state index in [0.717, 1.165) is 12.5 Å². The average Bonchev–Trinajstić information content (AvgIpc) is 2.86. The first-order chi connectivity index (χ1) is 8.66. The van der Waals surface area contributed by atoms with Crippen molar-refractivity contribution in [2.75, 3.05) is 6.54 Å². The van der Waals surface area contributed by atoms with Gasteiger partial charge in [-0.1, -0.05) is 26.7 Å². The van der Waals surface area contributed by atoms with Crippen LogP contribution in [-0.4, -0.2) is 29.6 Å². The summed E-state index contributed by atoms with van der Waals surface area (Å²) in [7, 11) is 0. The summed E-state index contributed by atoms with van der Waals surface area (Å²) in [5.74, 6) is 2.28. The molecular formula is C15H26N2O. The number of rotatable bonds is 4. The molecule has 0 aromatic rings. The molecule has 1 aliphatic heterocycles. The summed E-state index contributed by atoms with van der Waals surface area (Å²) in [4.78, 5) is 14.7. The highest BCUT2D eigenvalue weighted by atomic mass is 16.2. The number of nitrogens with zero attached hydrogens (tertiary/aromatic N) is 1. The van der Waals surface area contributed by atoms with Gasteiger partial charge in [-0.25, -0.2) is 0 Å². The summed E-state index contributed by atoms with van der Waals surface area (Å²) in [5, 5.41) is 3.64. The number of amides is 1. The summed E-state index contributed by atoms with van der Waals surface area (Å²) in [5.41, 5.74) is 0. The van der Waals surface area contributed by atoms with E-state index in [1.54, 1.807) is 0 Å². The van der Waals surface area contributed by atoms with Crippen LogP contribution < -0.4 is 5.32 Å². The molecule has 1 heterocycles. The fourth-order valence-corrected chi connectivity index (χ4v) is 3.58. The van der Waals surface area contributed by atoms with Gasteiger partial charge < -0.3 is 4.90 Å². The van der Waals surface area contributed by atoms with E-state index < -0.39 is 0 Å². The monoisotopic (exact) mass is 250 g/mol. The van der Waals surface area contributed by atoms with Crippen molar-refractivity contribution < 1.29 is 4.79 Å². The Morgan fingerprint density at radius 3 is 2.44 bits per heavy atom. The maximum Gasteiger partial charge on any atom is 0.241 e. The largest absolute Gasteiger partial charge is 0.325 e. The summed E-state index contributed by atoms with van der Waals surface area (Å²) >= 11 is 0. The number of hydrogen-bond donors (Lipinski definition) is 1. The Bertz CT molecular complexity index is 318. The molecule has 2 atom stereocenters.